The van der Waals surface area contributed by atoms with Gasteiger partial charge in [0.2, 0.25) is 5.91 Å². The highest BCUT2D eigenvalue weighted by atomic mass is 32.2. The van der Waals surface area contributed by atoms with Crippen LogP contribution in [0.4, 0.5) is 0 Å². The minimum atomic E-state index is -0.228. The topological polar surface area (TPSA) is 89.0 Å². The fourth-order valence-corrected chi connectivity index (χ4v) is 2.85. The minimum Gasteiger partial charge on any atom is -0.376 e. The second kappa shape index (κ2) is 7.49. The van der Waals surface area contributed by atoms with E-state index in [0.29, 0.717) is 18.2 Å². The Balaban J connectivity index is 1.76. The van der Waals surface area contributed by atoms with Crippen LogP contribution in [-0.2, 0) is 16.1 Å². The lowest BCUT2D eigenvalue weighted by atomic mass is 10.2. The number of H-pyrrole nitrogens is 1. The molecule has 0 radical (unpaired) electrons. The lowest BCUT2D eigenvalue weighted by molar-refractivity contribution is -0.119. The fraction of sp³-hybridized carbons (Fsp3) is 0.750. The van der Waals surface area contributed by atoms with Crippen LogP contribution in [0.15, 0.2) is 9.95 Å². The molecule has 1 saturated heterocycles. The number of thioether (sulfide) groups is 1. The lowest BCUT2D eigenvalue weighted by Crippen LogP contribution is -2.33. The van der Waals surface area contributed by atoms with Crippen LogP contribution in [0.5, 0.6) is 0 Å². The number of ether oxygens (including phenoxy) is 1. The van der Waals surface area contributed by atoms with Crippen molar-refractivity contribution >= 4 is 17.7 Å². The Kier molecular flexibility index (Phi) is 5.66. The Bertz CT molecular complexity index is 493. The fourth-order valence-electron chi connectivity index (χ4n) is 2.05. The predicted molar refractivity (Wildman–Crippen MR) is 75.8 cm³/mol. The molecule has 112 valence electrons. The number of carbonyl (C=O) groups is 1. The zero-order valence-electron chi connectivity index (χ0n) is 11.6. The first-order valence-corrected chi connectivity index (χ1v) is 7.85. The molecule has 1 fully saturated rings. The van der Waals surface area contributed by atoms with Crippen LogP contribution in [0.25, 0.3) is 0 Å². The second-order valence-electron chi connectivity index (χ2n) is 4.69. The van der Waals surface area contributed by atoms with Crippen LogP contribution < -0.4 is 11.0 Å². The highest BCUT2D eigenvalue weighted by Gasteiger charge is 2.16. The number of carbonyl (C=O) groups excluding carboxylic acids is 1. The molecule has 8 heteroatoms. The van der Waals surface area contributed by atoms with Gasteiger partial charge in [-0.1, -0.05) is 18.7 Å². The zero-order valence-corrected chi connectivity index (χ0v) is 12.4. The van der Waals surface area contributed by atoms with E-state index in [2.05, 4.69) is 15.5 Å². The van der Waals surface area contributed by atoms with Crippen molar-refractivity contribution in [2.24, 2.45) is 0 Å². The summed E-state index contributed by atoms with van der Waals surface area (Å²) in [6, 6.07) is 0. The summed E-state index contributed by atoms with van der Waals surface area (Å²) < 4.78 is 6.99. The van der Waals surface area contributed by atoms with Gasteiger partial charge < -0.3 is 10.1 Å². The van der Waals surface area contributed by atoms with Gasteiger partial charge in [-0.2, -0.15) is 0 Å². The van der Waals surface area contributed by atoms with Gasteiger partial charge in [0.25, 0.3) is 0 Å². The normalized spacial score (nSPS) is 18.4. The number of amides is 1. The number of hydrogen-bond acceptors (Lipinski definition) is 5. The summed E-state index contributed by atoms with van der Waals surface area (Å²) in [6.45, 7) is 3.94. The number of aromatic nitrogens is 3. The maximum absolute atomic E-state index is 11.7. The van der Waals surface area contributed by atoms with Gasteiger partial charge in [-0.05, 0) is 19.3 Å². The van der Waals surface area contributed by atoms with E-state index in [-0.39, 0.29) is 23.5 Å². The SMILES string of the molecule is CCCn1c(SCC(=O)NC[C@@H]2CCCO2)n[nH]c1=O. The van der Waals surface area contributed by atoms with Crippen LogP contribution in [-0.4, -0.2) is 45.7 Å². The smallest absolute Gasteiger partial charge is 0.343 e. The first-order valence-electron chi connectivity index (χ1n) is 6.87. The molecule has 1 atom stereocenters. The van der Waals surface area contributed by atoms with Crippen LogP contribution in [0.2, 0.25) is 0 Å². The van der Waals surface area contributed by atoms with Gasteiger partial charge in [0.1, 0.15) is 0 Å². The van der Waals surface area contributed by atoms with Gasteiger partial charge in [-0.3, -0.25) is 9.36 Å². The summed E-state index contributed by atoms with van der Waals surface area (Å²) in [5.41, 5.74) is -0.228. The summed E-state index contributed by atoms with van der Waals surface area (Å²) in [4.78, 5) is 23.2. The van der Waals surface area contributed by atoms with Gasteiger partial charge in [-0.15, -0.1) is 5.10 Å². The maximum atomic E-state index is 11.7. The first-order chi connectivity index (χ1) is 9.70. The van der Waals surface area contributed by atoms with Gasteiger partial charge >= 0.3 is 5.69 Å². The van der Waals surface area contributed by atoms with Crippen molar-refractivity contribution in [3.63, 3.8) is 0 Å². The van der Waals surface area contributed by atoms with Crippen molar-refractivity contribution in [2.75, 3.05) is 18.9 Å². The van der Waals surface area contributed by atoms with E-state index < -0.39 is 0 Å². The monoisotopic (exact) mass is 300 g/mol. The molecule has 1 amide bonds. The summed E-state index contributed by atoms with van der Waals surface area (Å²) in [7, 11) is 0. The average molecular weight is 300 g/mol. The number of nitrogens with one attached hydrogen (secondary N) is 2. The van der Waals surface area contributed by atoms with Gasteiger partial charge in [0, 0.05) is 19.7 Å². The zero-order chi connectivity index (χ0) is 14.4. The molecule has 0 spiro atoms. The third-order valence-electron chi connectivity index (χ3n) is 3.05. The molecule has 0 bridgehead atoms. The molecule has 1 aliphatic rings. The van der Waals surface area contributed by atoms with Gasteiger partial charge in [-0.25, -0.2) is 9.89 Å². The molecule has 0 saturated carbocycles. The third kappa shape index (κ3) is 4.11. The predicted octanol–water partition coefficient (Wildman–Crippen LogP) is 0.369. The Labute approximate surface area is 121 Å². The van der Waals surface area contributed by atoms with Gasteiger partial charge in [0.15, 0.2) is 5.16 Å². The van der Waals surface area contributed by atoms with Crippen LogP contribution in [0.3, 0.4) is 0 Å². The van der Waals surface area contributed by atoms with Crippen molar-refractivity contribution in [2.45, 2.75) is 44.0 Å². The van der Waals surface area contributed by atoms with E-state index >= 15 is 0 Å². The van der Waals surface area contributed by atoms with E-state index in [4.69, 9.17) is 4.74 Å². The van der Waals surface area contributed by atoms with E-state index in [1.807, 2.05) is 6.92 Å². The molecule has 0 aromatic carbocycles. The molecular formula is C12H20N4O3S. The second-order valence-corrected chi connectivity index (χ2v) is 5.63. The van der Waals surface area contributed by atoms with Crippen LogP contribution in [0, 0.1) is 0 Å². The molecule has 2 N–H and O–H groups in total. The summed E-state index contributed by atoms with van der Waals surface area (Å²) in [5, 5.41) is 9.74. The molecule has 1 aromatic rings. The summed E-state index contributed by atoms with van der Waals surface area (Å²) in [6.07, 6.45) is 3.06. The molecule has 7 nitrogen and oxygen atoms in total. The molecule has 20 heavy (non-hydrogen) atoms. The van der Waals surface area contributed by atoms with Crippen molar-refractivity contribution in [1.82, 2.24) is 20.1 Å². The molecular weight excluding hydrogens is 280 g/mol. The Morgan fingerprint density at radius 1 is 1.65 bits per heavy atom. The number of hydrogen-bond donors (Lipinski definition) is 2. The molecule has 0 aliphatic carbocycles. The third-order valence-corrected chi connectivity index (χ3v) is 4.03. The van der Waals surface area contributed by atoms with Crippen molar-refractivity contribution in [3.8, 4) is 0 Å². The van der Waals surface area contributed by atoms with Crippen LogP contribution in [0.1, 0.15) is 26.2 Å². The molecule has 2 heterocycles. The standard InChI is InChI=1S/C12H20N4O3S/c1-2-5-16-11(18)14-15-12(16)20-8-10(17)13-7-9-4-3-6-19-9/h9H,2-8H2,1H3,(H,13,17)(H,14,18)/t9-/m0/s1. The van der Waals surface area contributed by atoms with Crippen molar-refractivity contribution < 1.29 is 9.53 Å². The van der Waals surface area contributed by atoms with E-state index in [0.717, 1.165) is 25.9 Å². The van der Waals surface area contributed by atoms with Crippen molar-refractivity contribution in [3.05, 3.63) is 10.5 Å². The number of rotatable bonds is 7. The Hall–Kier alpha value is -1.28. The quantitative estimate of drug-likeness (QED) is 0.710. The Morgan fingerprint density at radius 3 is 3.20 bits per heavy atom. The first kappa shape index (κ1) is 15.1. The highest BCUT2D eigenvalue weighted by molar-refractivity contribution is 7.99. The van der Waals surface area contributed by atoms with Crippen LogP contribution >= 0.6 is 11.8 Å². The van der Waals surface area contributed by atoms with Gasteiger partial charge in [0.05, 0.1) is 11.9 Å². The lowest BCUT2D eigenvalue weighted by Gasteiger charge is -2.10. The molecule has 0 unspecified atom stereocenters. The summed E-state index contributed by atoms with van der Waals surface area (Å²) >= 11 is 1.27. The minimum absolute atomic E-state index is 0.0657. The molecule has 1 aliphatic heterocycles. The average Bonchev–Trinajstić information content (AvgIpc) is 3.06. The maximum Gasteiger partial charge on any atom is 0.343 e. The molecule has 2 rings (SSSR count). The summed E-state index contributed by atoms with van der Waals surface area (Å²) in [5.74, 6) is 0.185. The van der Waals surface area contributed by atoms with E-state index in [9.17, 15) is 9.59 Å². The largest absolute Gasteiger partial charge is 0.376 e. The van der Waals surface area contributed by atoms with Crippen molar-refractivity contribution in [1.29, 1.82) is 0 Å². The highest BCUT2D eigenvalue weighted by Crippen LogP contribution is 2.13. The number of nitrogens with zero attached hydrogens (tertiary/aromatic N) is 2. The molecule has 1 aromatic heterocycles. The van der Waals surface area contributed by atoms with E-state index in [1.54, 1.807) is 4.57 Å². The van der Waals surface area contributed by atoms with E-state index in [1.165, 1.54) is 11.8 Å². The number of aromatic amines is 1. The Morgan fingerprint density at radius 2 is 2.50 bits per heavy atom.